The lowest BCUT2D eigenvalue weighted by Crippen LogP contribution is -2.50. The van der Waals surface area contributed by atoms with Gasteiger partial charge in [0.2, 0.25) is 5.91 Å². The molecule has 4 rings (SSSR count). The number of nitrogens with zero attached hydrogens (tertiary/aromatic N) is 4. The van der Waals surface area contributed by atoms with Gasteiger partial charge in [0.1, 0.15) is 24.0 Å². The number of para-hydroxylation sites is 1. The Hall–Kier alpha value is -3.55. The van der Waals surface area contributed by atoms with Crippen LogP contribution in [0.3, 0.4) is 0 Å². The summed E-state index contributed by atoms with van der Waals surface area (Å²) in [5, 5.41) is 0. The Kier molecular flexibility index (Phi) is 5.79. The molecule has 2 heterocycles. The molecule has 6 nitrogen and oxygen atoms in total. The van der Waals surface area contributed by atoms with Gasteiger partial charge in [0, 0.05) is 43.5 Å². The molecule has 0 saturated carbocycles. The third-order valence-electron chi connectivity index (χ3n) is 5.36. The van der Waals surface area contributed by atoms with E-state index in [0.717, 1.165) is 0 Å². The minimum Gasteiger partial charge on any atom is -0.366 e. The van der Waals surface area contributed by atoms with E-state index in [-0.39, 0.29) is 23.8 Å². The number of carbonyl (C=O) groups excluding carboxylic acids is 1. The molecule has 1 aliphatic heterocycles. The fourth-order valence-corrected chi connectivity index (χ4v) is 3.73. The molecule has 0 radical (unpaired) electrons. The highest BCUT2D eigenvalue weighted by Crippen LogP contribution is 2.21. The van der Waals surface area contributed by atoms with Crippen LogP contribution >= 0.6 is 0 Å². The van der Waals surface area contributed by atoms with E-state index < -0.39 is 5.82 Å². The van der Waals surface area contributed by atoms with E-state index in [9.17, 15) is 18.4 Å². The second-order valence-corrected chi connectivity index (χ2v) is 7.47. The molecule has 0 bridgehead atoms. The maximum Gasteiger partial charge on any atom is 0.254 e. The van der Waals surface area contributed by atoms with E-state index in [0.29, 0.717) is 48.9 Å². The van der Waals surface area contributed by atoms with Gasteiger partial charge in [-0.05, 0) is 43.3 Å². The molecule has 3 aromatic rings. The first-order valence-electron chi connectivity index (χ1n) is 10.0. The summed E-state index contributed by atoms with van der Waals surface area (Å²) in [6.07, 6.45) is 0. The summed E-state index contributed by atoms with van der Waals surface area (Å²) in [6.45, 7) is 3.37. The van der Waals surface area contributed by atoms with Gasteiger partial charge in [-0.2, -0.15) is 0 Å². The second-order valence-electron chi connectivity index (χ2n) is 7.47. The molecular weight excluding hydrogens is 402 g/mol. The van der Waals surface area contributed by atoms with E-state index in [1.165, 1.54) is 41.0 Å². The Bertz CT molecular complexity index is 1150. The van der Waals surface area contributed by atoms with Gasteiger partial charge in [-0.1, -0.05) is 12.1 Å². The summed E-state index contributed by atoms with van der Waals surface area (Å²) >= 11 is 0. The van der Waals surface area contributed by atoms with Crippen molar-refractivity contribution in [1.29, 1.82) is 0 Å². The molecule has 1 aromatic heterocycles. The first-order chi connectivity index (χ1) is 14.9. The predicted molar refractivity (Wildman–Crippen MR) is 114 cm³/mol. The normalized spacial score (nSPS) is 14.0. The van der Waals surface area contributed by atoms with Crippen LogP contribution in [0.5, 0.6) is 0 Å². The minimum absolute atomic E-state index is 0.168. The molecule has 160 valence electrons. The summed E-state index contributed by atoms with van der Waals surface area (Å²) in [5.41, 5.74) is 1.25. The van der Waals surface area contributed by atoms with Crippen LogP contribution in [-0.2, 0) is 11.3 Å². The van der Waals surface area contributed by atoms with Crippen molar-refractivity contribution < 1.29 is 13.6 Å². The predicted octanol–water partition coefficient (Wildman–Crippen LogP) is 2.85. The quantitative estimate of drug-likeness (QED) is 0.646. The summed E-state index contributed by atoms with van der Waals surface area (Å²) in [7, 11) is 0. The molecule has 31 heavy (non-hydrogen) atoms. The number of halogens is 2. The third-order valence-corrected chi connectivity index (χ3v) is 5.36. The van der Waals surface area contributed by atoms with Gasteiger partial charge in [-0.3, -0.25) is 14.2 Å². The largest absolute Gasteiger partial charge is 0.366 e. The Morgan fingerprint density at radius 3 is 2.35 bits per heavy atom. The van der Waals surface area contributed by atoms with Crippen molar-refractivity contribution in [1.82, 2.24) is 14.5 Å². The number of hydrogen-bond donors (Lipinski definition) is 0. The van der Waals surface area contributed by atoms with Crippen LogP contribution in [0.1, 0.15) is 5.69 Å². The number of rotatable bonds is 4. The Labute approximate surface area is 178 Å². The number of benzene rings is 2. The zero-order valence-corrected chi connectivity index (χ0v) is 17.1. The molecule has 0 spiro atoms. The summed E-state index contributed by atoms with van der Waals surface area (Å²) in [6, 6.07) is 13.6. The van der Waals surface area contributed by atoms with E-state index in [1.54, 1.807) is 30.0 Å². The summed E-state index contributed by atoms with van der Waals surface area (Å²) in [5.74, 6) is -0.578. The van der Waals surface area contributed by atoms with E-state index >= 15 is 0 Å². The average molecular weight is 424 g/mol. The van der Waals surface area contributed by atoms with Crippen molar-refractivity contribution in [3.05, 3.63) is 82.3 Å². The average Bonchev–Trinajstić information content (AvgIpc) is 2.76. The molecule has 1 aliphatic rings. The summed E-state index contributed by atoms with van der Waals surface area (Å²) in [4.78, 5) is 33.5. The van der Waals surface area contributed by atoms with Crippen molar-refractivity contribution >= 4 is 11.6 Å². The molecule has 1 fully saturated rings. The van der Waals surface area contributed by atoms with Gasteiger partial charge >= 0.3 is 0 Å². The lowest BCUT2D eigenvalue weighted by molar-refractivity contribution is -0.132. The second kappa shape index (κ2) is 8.67. The van der Waals surface area contributed by atoms with Crippen LogP contribution < -0.4 is 10.5 Å². The van der Waals surface area contributed by atoms with E-state index in [2.05, 4.69) is 4.98 Å². The van der Waals surface area contributed by atoms with Gasteiger partial charge in [0.05, 0.1) is 5.69 Å². The van der Waals surface area contributed by atoms with Crippen LogP contribution in [0.4, 0.5) is 14.5 Å². The molecule has 1 amide bonds. The van der Waals surface area contributed by atoms with E-state index in [4.69, 9.17) is 0 Å². The van der Waals surface area contributed by atoms with Crippen LogP contribution in [0.2, 0.25) is 0 Å². The number of hydrogen-bond acceptors (Lipinski definition) is 4. The highest BCUT2D eigenvalue weighted by Gasteiger charge is 2.24. The topological polar surface area (TPSA) is 58.4 Å². The minimum atomic E-state index is -0.394. The SMILES string of the molecule is Cc1cc(=O)n(CC(=O)N2CCN(c3ccccc3F)CC2)c(-c2ccc(F)cc2)n1. The number of piperazine rings is 1. The molecule has 0 aliphatic carbocycles. The first kappa shape index (κ1) is 20.7. The van der Waals surface area contributed by atoms with Gasteiger partial charge < -0.3 is 9.80 Å². The van der Waals surface area contributed by atoms with Gasteiger partial charge in [0.15, 0.2) is 0 Å². The smallest absolute Gasteiger partial charge is 0.254 e. The zero-order chi connectivity index (χ0) is 22.0. The first-order valence-corrected chi connectivity index (χ1v) is 10.0. The number of anilines is 1. The molecule has 0 atom stereocenters. The van der Waals surface area contributed by atoms with Crippen LogP contribution in [0.15, 0.2) is 59.4 Å². The lowest BCUT2D eigenvalue weighted by Gasteiger charge is -2.36. The molecule has 2 aromatic carbocycles. The monoisotopic (exact) mass is 424 g/mol. The van der Waals surface area contributed by atoms with Crippen LogP contribution in [-0.4, -0.2) is 46.5 Å². The van der Waals surface area contributed by atoms with Crippen LogP contribution in [0, 0.1) is 18.6 Å². The number of aryl methyl sites for hydroxylation is 1. The van der Waals surface area contributed by atoms with Gasteiger partial charge in [-0.15, -0.1) is 0 Å². The highest BCUT2D eigenvalue weighted by atomic mass is 19.1. The lowest BCUT2D eigenvalue weighted by atomic mass is 10.2. The highest BCUT2D eigenvalue weighted by molar-refractivity contribution is 5.77. The van der Waals surface area contributed by atoms with Gasteiger partial charge in [-0.25, -0.2) is 13.8 Å². The van der Waals surface area contributed by atoms with Crippen molar-refractivity contribution in [3.63, 3.8) is 0 Å². The van der Waals surface area contributed by atoms with Crippen molar-refractivity contribution in [2.75, 3.05) is 31.1 Å². The van der Waals surface area contributed by atoms with Gasteiger partial charge in [0.25, 0.3) is 5.56 Å². The number of amides is 1. The third kappa shape index (κ3) is 4.47. The molecule has 0 unspecified atom stereocenters. The van der Waals surface area contributed by atoms with Crippen molar-refractivity contribution in [2.45, 2.75) is 13.5 Å². The maximum absolute atomic E-state index is 14.0. The Morgan fingerprint density at radius 1 is 1.00 bits per heavy atom. The molecule has 1 saturated heterocycles. The number of aromatic nitrogens is 2. The Balaban J connectivity index is 1.51. The molecular formula is C23H22F2N4O2. The van der Waals surface area contributed by atoms with Crippen LogP contribution in [0.25, 0.3) is 11.4 Å². The van der Waals surface area contributed by atoms with Crippen molar-refractivity contribution in [3.8, 4) is 11.4 Å². The number of carbonyl (C=O) groups is 1. The maximum atomic E-state index is 14.0. The molecule has 0 N–H and O–H groups in total. The fraction of sp³-hybridized carbons (Fsp3) is 0.261. The Morgan fingerprint density at radius 2 is 1.68 bits per heavy atom. The standard InChI is InChI=1S/C23H22F2N4O2/c1-16-14-21(30)29(23(26-16)17-6-8-18(24)9-7-17)15-22(31)28-12-10-27(11-13-28)20-5-3-2-4-19(20)25/h2-9,14H,10-13,15H2,1H3. The molecule has 8 heteroatoms. The fourth-order valence-electron chi connectivity index (χ4n) is 3.73. The zero-order valence-electron chi connectivity index (χ0n) is 17.1. The van der Waals surface area contributed by atoms with E-state index in [1.807, 2.05) is 4.90 Å². The summed E-state index contributed by atoms with van der Waals surface area (Å²) < 4.78 is 28.7. The van der Waals surface area contributed by atoms with Crippen molar-refractivity contribution in [2.24, 2.45) is 0 Å².